The molecule has 7 heteroatoms. The predicted molar refractivity (Wildman–Crippen MR) is 82.8 cm³/mol. The van der Waals surface area contributed by atoms with Crippen molar-refractivity contribution in [2.45, 2.75) is 26.6 Å². The monoisotopic (exact) mass is 311 g/mol. The van der Waals surface area contributed by atoms with Crippen molar-refractivity contribution in [1.82, 2.24) is 24.1 Å². The number of nitrogens with zero attached hydrogens (tertiary/aromatic N) is 5. The summed E-state index contributed by atoms with van der Waals surface area (Å²) in [6.07, 6.45) is 3.73. The Balaban J connectivity index is 1.60. The summed E-state index contributed by atoms with van der Waals surface area (Å²) < 4.78 is 3.73. The number of aromatic nitrogens is 4. The molecule has 0 unspecified atom stereocenters. The molecule has 0 aliphatic carbocycles. The molecule has 1 aliphatic heterocycles. The Labute approximate surface area is 132 Å². The zero-order valence-electron chi connectivity index (χ0n) is 12.8. The maximum absolute atomic E-state index is 12.7. The van der Waals surface area contributed by atoms with Gasteiger partial charge in [-0.25, -0.2) is 4.98 Å². The fraction of sp³-hybridized carbons (Fsp3) is 0.312. The van der Waals surface area contributed by atoms with E-state index in [9.17, 15) is 9.90 Å². The van der Waals surface area contributed by atoms with Gasteiger partial charge in [0.05, 0.1) is 42.3 Å². The second-order valence-corrected chi connectivity index (χ2v) is 5.80. The molecule has 0 fully saturated rings. The van der Waals surface area contributed by atoms with Crippen LogP contribution in [0.15, 0.2) is 30.6 Å². The molecule has 1 N–H and O–H groups in total. The Bertz CT molecular complexity index is 895. The first-order chi connectivity index (χ1) is 11.1. The first-order valence-electron chi connectivity index (χ1n) is 7.55. The van der Waals surface area contributed by atoms with Crippen LogP contribution in [0, 0.1) is 6.92 Å². The van der Waals surface area contributed by atoms with E-state index in [0.717, 1.165) is 17.0 Å². The van der Waals surface area contributed by atoms with Crippen molar-refractivity contribution in [3.63, 3.8) is 0 Å². The minimum atomic E-state index is -0.0788. The summed E-state index contributed by atoms with van der Waals surface area (Å²) in [5.41, 5.74) is 4.00. The zero-order chi connectivity index (χ0) is 16.0. The largest absolute Gasteiger partial charge is 0.390 e. The second kappa shape index (κ2) is 5.20. The number of hydrogen-bond acceptors (Lipinski definition) is 4. The Kier molecular flexibility index (Phi) is 3.16. The van der Waals surface area contributed by atoms with Gasteiger partial charge < -0.3 is 14.4 Å². The maximum atomic E-state index is 12.7. The lowest BCUT2D eigenvalue weighted by Gasteiger charge is -2.27. The van der Waals surface area contributed by atoms with Crippen LogP contribution < -0.4 is 0 Å². The van der Waals surface area contributed by atoms with Crippen LogP contribution in [0.4, 0.5) is 0 Å². The summed E-state index contributed by atoms with van der Waals surface area (Å²) in [5, 5.41) is 13.5. The summed E-state index contributed by atoms with van der Waals surface area (Å²) in [5.74, 6) is -0.00347. The number of fused-ring (bicyclic) bond motifs is 2. The van der Waals surface area contributed by atoms with Crippen molar-refractivity contribution in [3.05, 3.63) is 53.2 Å². The van der Waals surface area contributed by atoms with Crippen molar-refractivity contribution in [3.8, 4) is 0 Å². The number of carbonyl (C=O) groups excluding carboxylic acids is 1. The molecule has 23 heavy (non-hydrogen) atoms. The molecule has 3 aromatic heterocycles. The molecule has 118 valence electrons. The zero-order valence-corrected chi connectivity index (χ0v) is 12.8. The summed E-state index contributed by atoms with van der Waals surface area (Å²) in [4.78, 5) is 18.9. The summed E-state index contributed by atoms with van der Waals surface area (Å²) in [7, 11) is 0. The number of carbonyl (C=O) groups is 1. The Morgan fingerprint density at radius 2 is 2.17 bits per heavy atom. The van der Waals surface area contributed by atoms with E-state index in [1.807, 2.05) is 51.5 Å². The molecule has 1 amide bonds. The third kappa shape index (κ3) is 2.39. The Hall–Kier alpha value is -2.67. The molecule has 0 atom stereocenters. The van der Waals surface area contributed by atoms with Crippen LogP contribution in [0.5, 0.6) is 0 Å². The van der Waals surface area contributed by atoms with E-state index in [1.165, 1.54) is 0 Å². The molecule has 1 aliphatic rings. The van der Waals surface area contributed by atoms with Crippen LogP contribution in [0.1, 0.15) is 27.4 Å². The van der Waals surface area contributed by atoms with Crippen LogP contribution in [-0.4, -0.2) is 41.6 Å². The van der Waals surface area contributed by atoms with Gasteiger partial charge in [0, 0.05) is 18.9 Å². The van der Waals surface area contributed by atoms with Gasteiger partial charge in [-0.1, -0.05) is 0 Å². The molecule has 0 saturated carbocycles. The van der Waals surface area contributed by atoms with E-state index < -0.39 is 0 Å². The number of aliphatic hydroxyl groups excluding tert-OH is 1. The molecule has 0 bridgehead atoms. The van der Waals surface area contributed by atoms with Crippen LogP contribution in [-0.2, 0) is 19.7 Å². The molecule has 0 aromatic carbocycles. The van der Waals surface area contributed by atoms with Gasteiger partial charge in [-0.2, -0.15) is 5.10 Å². The summed E-state index contributed by atoms with van der Waals surface area (Å²) >= 11 is 0. The van der Waals surface area contributed by atoms with Crippen LogP contribution in [0.2, 0.25) is 0 Å². The molecule has 0 saturated heterocycles. The van der Waals surface area contributed by atoms with Gasteiger partial charge in [0.2, 0.25) is 0 Å². The minimum Gasteiger partial charge on any atom is -0.390 e. The molecule has 4 heterocycles. The van der Waals surface area contributed by atoms with E-state index >= 15 is 0 Å². The highest BCUT2D eigenvalue weighted by molar-refractivity contribution is 5.94. The number of hydrogen-bond donors (Lipinski definition) is 1. The van der Waals surface area contributed by atoms with Crippen molar-refractivity contribution < 1.29 is 9.90 Å². The molecule has 0 spiro atoms. The summed E-state index contributed by atoms with van der Waals surface area (Å²) in [6.45, 7) is 3.61. The lowest BCUT2D eigenvalue weighted by Crippen LogP contribution is -2.38. The molecular formula is C16H17N5O2. The predicted octanol–water partition coefficient (Wildman–Crippen LogP) is 0.988. The van der Waals surface area contributed by atoms with Crippen molar-refractivity contribution in [1.29, 1.82) is 0 Å². The van der Waals surface area contributed by atoms with E-state index in [0.29, 0.717) is 30.9 Å². The molecule has 3 aromatic rings. The highest BCUT2D eigenvalue weighted by Gasteiger charge is 2.23. The number of imidazole rings is 1. The number of pyridine rings is 1. The lowest BCUT2D eigenvalue weighted by atomic mass is 10.2. The topological polar surface area (TPSA) is 75.7 Å². The molecule has 7 nitrogen and oxygen atoms in total. The van der Waals surface area contributed by atoms with Gasteiger partial charge in [0.15, 0.2) is 0 Å². The van der Waals surface area contributed by atoms with E-state index in [-0.39, 0.29) is 12.5 Å². The van der Waals surface area contributed by atoms with Gasteiger partial charge in [0.1, 0.15) is 5.65 Å². The second-order valence-electron chi connectivity index (χ2n) is 5.80. The lowest BCUT2D eigenvalue weighted by molar-refractivity contribution is 0.0705. The average Bonchev–Trinajstić information content (AvgIpc) is 3.14. The third-order valence-corrected chi connectivity index (χ3v) is 4.12. The van der Waals surface area contributed by atoms with Gasteiger partial charge in [-0.3, -0.25) is 9.48 Å². The Morgan fingerprint density at radius 3 is 3.00 bits per heavy atom. The van der Waals surface area contributed by atoms with Gasteiger partial charge in [-0.05, 0) is 25.1 Å². The van der Waals surface area contributed by atoms with Gasteiger partial charge >= 0.3 is 0 Å². The molecule has 4 rings (SSSR count). The summed E-state index contributed by atoms with van der Waals surface area (Å²) in [6, 6.07) is 5.52. The number of aliphatic hydroxyl groups is 1. The fourth-order valence-corrected chi connectivity index (χ4v) is 3.00. The fourth-order valence-electron chi connectivity index (χ4n) is 3.00. The Morgan fingerprint density at radius 1 is 1.30 bits per heavy atom. The third-order valence-electron chi connectivity index (χ3n) is 4.12. The molecule has 0 radical (unpaired) electrons. The first-order valence-corrected chi connectivity index (χ1v) is 7.55. The number of amides is 1. The van der Waals surface area contributed by atoms with Gasteiger partial charge in [-0.15, -0.1) is 0 Å². The smallest absolute Gasteiger partial charge is 0.255 e. The quantitative estimate of drug-likeness (QED) is 0.766. The number of rotatable bonds is 2. The molecular weight excluding hydrogens is 294 g/mol. The van der Waals surface area contributed by atoms with Crippen molar-refractivity contribution >= 4 is 11.6 Å². The van der Waals surface area contributed by atoms with Crippen molar-refractivity contribution in [2.75, 3.05) is 6.54 Å². The minimum absolute atomic E-state index is 0.00347. The van der Waals surface area contributed by atoms with Crippen molar-refractivity contribution in [2.24, 2.45) is 0 Å². The van der Waals surface area contributed by atoms with Gasteiger partial charge in [0.25, 0.3) is 5.91 Å². The maximum Gasteiger partial charge on any atom is 0.255 e. The van der Waals surface area contributed by atoms with Crippen LogP contribution >= 0.6 is 0 Å². The van der Waals surface area contributed by atoms with Crippen LogP contribution in [0.25, 0.3) is 5.65 Å². The highest BCUT2D eigenvalue weighted by Crippen LogP contribution is 2.17. The average molecular weight is 311 g/mol. The SMILES string of the molecule is Cc1cn2cc(C(=O)N3CCn4nc(CO)cc4C3)ccc2n1. The first kappa shape index (κ1) is 14.0. The van der Waals surface area contributed by atoms with E-state index in [1.54, 1.807) is 0 Å². The van der Waals surface area contributed by atoms with E-state index in [4.69, 9.17) is 0 Å². The van der Waals surface area contributed by atoms with E-state index in [2.05, 4.69) is 10.1 Å². The highest BCUT2D eigenvalue weighted by atomic mass is 16.3. The normalized spacial score (nSPS) is 14.3. The number of aryl methyl sites for hydroxylation is 1. The van der Waals surface area contributed by atoms with Crippen LogP contribution in [0.3, 0.4) is 0 Å². The standard InChI is InChI=1S/C16H17N5O2/c1-11-7-20-8-12(2-3-15(20)17-11)16(23)19-4-5-21-14(9-19)6-13(10-22)18-21/h2-3,6-8,22H,4-5,9-10H2,1H3.